The van der Waals surface area contributed by atoms with Crippen molar-refractivity contribution in [3.8, 4) is 6.01 Å². The van der Waals surface area contributed by atoms with E-state index in [2.05, 4.69) is 15.3 Å². The van der Waals surface area contributed by atoms with Crippen molar-refractivity contribution in [2.75, 3.05) is 30.4 Å². The molecule has 0 atom stereocenters. The average molecular weight is 316 g/mol. The lowest BCUT2D eigenvalue weighted by molar-refractivity contribution is 0.102. The highest BCUT2D eigenvalue weighted by atomic mass is 19.1. The minimum Gasteiger partial charge on any atom is -0.467 e. The summed E-state index contributed by atoms with van der Waals surface area (Å²) in [5.41, 5.74) is 1.24. The lowest BCUT2D eigenvalue weighted by atomic mass is 10.2. The number of hydrogen-bond acceptors (Lipinski definition) is 5. The first-order valence-electron chi connectivity index (χ1n) is 7.39. The van der Waals surface area contributed by atoms with Crippen molar-refractivity contribution < 1.29 is 13.9 Å². The molecule has 1 aromatic carbocycles. The van der Waals surface area contributed by atoms with E-state index in [4.69, 9.17) is 4.74 Å². The second kappa shape index (κ2) is 6.60. The van der Waals surface area contributed by atoms with Crippen LogP contribution in [0, 0.1) is 5.82 Å². The van der Waals surface area contributed by atoms with E-state index in [0.717, 1.165) is 25.9 Å². The Morgan fingerprint density at radius 3 is 2.57 bits per heavy atom. The van der Waals surface area contributed by atoms with Gasteiger partial charge in [0.15, 0.2) is 0 Å². The van der Waals surface area contributed by atoms with Crippen LogP contribution in [0.3, 0.4) is 0 Å². The highest BCUT2D eigenvalue weighted by Crippen LogP contribution is 2.26. The number of ether oxygens (including phenoxy) is 1. The number of benzene rings is 1. The van der Waals surface area contributed by atoms with Crippen LogP contribution in [0.2, 0.25) is 0 Å². The molecule has 1 aromatic heterocycles. The maximum absolute atomic E-state index is 14.2. The van der Waals surface area contributed by atoms with E-state index in [0.29, 0.717) is 11.4 Å². The molecule has 0 bridgehead atoms. The molecular weight excluding hydrogens is 299 g/mol. The van der Waals surface area contributed by atoms with E-state index in [9.17, 15) is 9.18 Å². The zero-order chi connectivity index (χ0) is 16.2. The summed E-state index contributed by atoms with van der Waals surface area (Å²) < 4.78 is 19.1. The van der Waals surface area contributed by atoms with Gasteiger partial charge >= 0.3 is 6.01 Å². The summed E-state index contributed by atoms with van der Waals surface area (Å²) in [5, 5.41) is 2.64. The third-order valence-electron chi connectivity index (χ3n) is 3.73. The van der Waals surface area contributed by atoms with Crippen LogP contribution in [0.15, 0.2) is 30.6 Å². The van der Waals surface area contributed by atoms with E-state index < -0.39 is 5.91 Å². The van der Waals surface area contributed by atoms with E-state index in [-0.39, 0.29) is 17.4 Å². The van der Waals surface area contributed by atoms with Gasteiger partial charge in [-0.25, -0.2) is 14.4 Å². The van der Waals surface area contributed by atoms with Crippen molar-refractivity contribution in [1.82, 2.24) is 9.97 Å². The van der Waals surface area contributed by atoms with Gasteiger partial charge in [0, 0.05) is 31.2 Å². The van der Waals surface area contributed by atoms with Crippen LogP contribution >= 0.6 is 0 Å². The van der Waals surface area contributed by atoms with Crippen LogP contribution in [0.4, 0.5) is 15.8 Å². The number of carbonyl (C=O) groups excluding carboxylic acids is 1. The molecule has 7 heteroatoms. The minimum absolute atomic E-state index is 0.183. The molecule has 6 nitrogen and oxygen atoms in total. The summed E-state index contributed by atoms with van der Waals surface area (Å²) in [4.78, 5) is 21.9. The van der Waals surface area contributed by atoms with Gasteiger partial charge in [-0.1, -0.05) is 0 Å². The molecule has 120 valence electrons. The molecule has 1 aliphatic rings. The van der Waals surface area contributed by atoms with Gasteiger partial charge in [0.25, 0.3) is 5.91 Å². The van der Waals surface area contributed by atoms with E-state index in [1.807, 2.05) is 4.90 Å². The Bertz CT molecular complexity index is 700. The van der Waals surface area contributed by atoms with Gasteiger partial charge in [-0.3, -0.25) is 4.79 Å². The number of hydrogen-bond donors (Lipinski definition) is 1. The third-order valence-corrected chi connectivity index (χ3v) is 3.73. The Hall–Kier alpha value is -2.70. The molecule has 0 aliphatic carbocycles. The molecule has 2 heterocycles. The molecule has 0 radical (unpaired) electrons. The number of anilines is 2. The number of carbonyl (C=O) groups is 1. The second-order valence-electron chi connectivity index (χ2n) is 5.27. The van der Waals surface area contributed by atoms with Crippen molar-refractivity contribution in [1.29, 1.82) is 0 Å². The topological polar surface area (TPSA) is 67.3 Å². The predicted molar refractivity (Wildman–Crippen MR) is 84.4 cm³/mol. The number of rotatable bonds is 4. The molecule has 0 saturated carbocycles. The number of aromatic nitrogens is 2. The quantitative estimate of drug-likeness (QED) is 0.938. The first kappa shape index (κ1) is 15.2. The lowest BCUT2D eigenvalue weighted by Gasteiger charge is -2.18. The van der Waals surface area contributed by atoms with Gasteiger partial charge in [0.2, 0.25) is 0 Å². The molecule has 23 heavy (non-hydrogen) atoms. The van der Waals surface area contributed by atoms with E-state index >= 15 is 0 Å². The van der Waals surface area contributed by atoms with Crippen LogP contribution in [0.25, 0.3) is 0 Å². The van der Waals surface area contributed by atoms with E-state index in [1.165, 1.54) is 25.6 Å². The molecule has 3 rings (SSSR count). The summed E-state index contributed by atoms with van der Waals surface area (Å²) in [6, 6.07) is 4.90. The molecule has 1 amide bonds. The fourth-order valence-corrected chi connectivity index (χ4v) is 2.54. The summed E-state index contributed by atoms with van der Waals surface area (Å²) in [5.74, 6) is -0.739. The van der Waals surface area contributed by atoms with Gasteiger partial charge in [0.1, 0.15) is 5.82 Å². The van der Waals surface area contributed by atoms with Crippen LogP contribution in [-0.2, 0) is 0 Å². The van der Waals surface area contributed by atoms with Crippen molar-refractivity contribution in [3.05, 3.63) is 42.0 Å². The Balaban J connectivity index is 1.71. The fourth-order valence-electron chi connectivity index (χ4n) is 2.54. The van der Waals surface area contributed by atoms with Crippen molar-refractivity contribution >= 4 is 17.3 Å². The summed E-state index contributed by atoms with van der Waals surface area (Å²) in [7, 11) is 1.44. The standard InChI is InChI=1S/C16H17FN4O2/c1-23-16-18-9-11(10-19-16)15(22)20-12-4-5-14(13(17)8-12)21-6-2-3-7-21/h4-5,8-10H,2-3,6-7H2,1H3,(H,20,22). The smallest absolute Gasteiger partial charge is 0.316 e. The maximum atomic E-state index is 14.2. The summed E-state index contributed by atoms with van der Waals surface area (Å²) in [6.07, 6.45) is 4.87. The molecule has 1 saturated heterocycles. The van der Waals surface area contributed by atoms with E-state index in [1.54, 1.807) is 12.1 Å². The number of methoxy groups -OCH3 is 1. The Kier molecular flexibility index (Phi) is 4.36. The van der Waals surface area contributed by atoms with Crippen molar-refractivity contribution in [2.24, 2.45) is 0 Å². The summed E-state index contributed by atoms with van der Waals surface area (Å²) >= 11 is 0. The highest BCUT2D eigenvalue weighted by molar-refractivity contribution is 6.03. The number of nitrogens with one attached hydrogen (secondary N) is 1. The normalized spacial score (nSPS) is 13.9. The zero-order valence-electron chi connectivity index (χ0n) is 12.8. The molecular formula is C16H17FN4O2. The monoisotopic (exact) mass is 316 g/mol. The average Bonchev–Trinajstić information content (AvgIpc) is 3.09. The highest BCUT2D eigenvalue weighted by Gasteiger charge is 2.17. The maximum Gasteiger partial charge on any atom is 0.316 e. The molecule has 0 unspecified atom stereocenters. The number of nitrogens with zero attached hydrogens (tertiary/aromatic N) is 3. The van der Waals surface area contributed by atoms with Gasteiger partial charge in [0.05, 0.1) is 18.4 Å². The number of amides is 1. The lowest BCUT2D eigenvalue weighted by Crippen LogP contribution is -2.19. The minimum atomic E-state index is -0.402. The Morgan fingerprint density at radius 2 is 1.96 bits per heavy atom. The Labute approximate surface area is 133 Å². The zero-order valence-corrected chi connectivity index (χ0v) is 12.8. The molecule has 1 aliphatic heterocycles. The first-order chi connectivity index (χ1) is 11.2. The van der Waals surface area contributed by atoms with Crippen molar-refractivity contribution in [2.45, 2.75) is 12.8 Å². The summed E-state index contributed by atoms with van der Waals surface area (Å²) in [6.45, 7) is 1.73. The second-order valence-corrected chi connectivity index (χ2v) is 5.27. The van der Waals surface area contributed by atoms with Gasteiger partial charge in [-0.05, 0) is 31.0 Å². The Morgan fingerprint density at radius 1 is 1.26 bits per heavy atom. The SMILES string of the molecule is COc1ncc(C(=O)Nc2ccc(N3CCCC3)c(F)c2)cn1. The first-order valence-corrected chi connectivity index (χ1v) is 7.39. The largest absolute Gasteiger partial charge is 0.467 e. The fraction of sp³-hybridized carbons (Fsp3) is 0.312. The molecule has 1 fully saturated rings. The predicted octanol–water partition coefficient (Wildman–Crippen LogP) is 2.48. The third kappa shape index (κ3) is 3.39. The molecule has 0 spiro atoms. The van der Waals surface area contributed by atoms with Gasteiger partial charge in [-0.2, -0.15) is 0 Å². The van der Waals surface area contributed by atoms with Gasteiger partial charge < -0.3 is 15.0 Å². The van der Waals surface area contributed by atoms with Crippen molar-refractivity contribution in [3.63, 3.8) is 0 Å². The molecule has 1 N–H and O–H groups in total. The number of halogens is 1. The molecule has 2 aromatic rings. The van der Waals surface area contributed by atoms with Crippen LogP contribution in [0.5, 0.6) is 6.01 Å². The van der Waals surface area contributed by atoms with Crippen LogP contribution < -0.4 is 15.0 Å². The van der Waals surface area contributed by atoms with Crippen LogP contribution in [-0.4, -0.2) is 36.1 Å². The van der Waals surface area contributed by atoms with Gasteiger partial charge in [-0.15, -0.1) is 0 Å². The van der Waals surface area contributed by atoms with Crippen LogP contribution in [0.1, 0.15) is 23.2 Å².